The predicted octanol–water partition coefficient (Wildman–Crippen LogP) is 1.04. The van der Waals surface area contributed by atoms with Crippen LogP contribution in [0.15, 0.2) is 12.5 Å². The number of halogens is 2. The minimum absolute atomic E-state index is 0.00917. The molecule has 1 heterocycles. The molecule has 74 valence electrons. The largest absolute Gasteiger partial charge is 0.331 e. The molecule has 1 atom stereocenters. The second-order valence-electron chi connectivity index (χ2n) is 3.13. The molecule has 0 spiro atoms. The maximum Gasteiger partial charge on any atom is 0.256 e. The summed E-state index contributed by atoms with van der Waals surface area (Å²) >= 11 is 0. The van der Waals surface area contributed by atoms with E-state index in [1.807, 2.05) is 6.92 Å². The molecule has 5 heteroatoms. The maximum absolute atomic E-state index is 11.9. The zero-order valence-electron chi connectivity index (χ0n) is 7.45. The fourth-order valence-corrected chi connectivity index (χ4v) is 1.10. The van der Waals surface area contributed by atoms with Gasteiger partial charge in [0.2, 0.25) is 0 Å². The van der Waals surface area contributed by atoms with Gasteiger partial charge in [-0.1, -0.05) is 0 Å². The predicted molar refractivity (Wildman–Crippen MR) is 45.6 cm³/mol. The summed E-state index contributed by atoms with van der Waals surface area (Å²) in [5.41, 5.74) is 6.30. The third kappa shape index (κ3) is 3.50. The average molecular weight is 189 g/mol. The number of nitrogens with zero attached hydrogens (tertiary/aromatic N) is 2. The molecule has 0 saturated heterocycles. The van der Waals surface area contributed by atoms with E-state index >= 15 is 0 Å². The molecule has 0 aliphatic heterocycles. The van der Waals surface area contributed by atoms with E-state index in [0.717, 1.165) is 5.69 Å². The molecule has 0 bridgehead atoms. The lowest BCUT2D eigenvalue weighted by molar-refractivity contribution is 0.126. The van der Waals surface area contributed by atoms with Crippen LogP contribution >= 0.6 is 0 Å². The zero-order valence-corrected chi connectivity index (χ0v) is 7.45. The molecular formula is C8H13F2N3. The highest BCUT2D eigenvalue weighted by Gasteiger charge is 2.06. The van der Waals surface area contributed by atoms with Crippen molar-refractivity contribution in [2.75, 3.05) is 0 Å². The molecule has 3 nitrogen and oxygen atoms in total. The van der Waals surface area contributed by atoms with Crippen LogP contribution in [0.4, 0.5) is 8.78 Å². The summed E-state index contributed by atoms with van der Waals surface area (Å²) in [6, 6.07) is 0.00917. The molecule has 0 fully saturated rings. The van der Waals surface area contributed by atoms with Gasteiger partial charge in [0.1, 0.15) is 0 Å². The van der Waals surface area contributed by atoms with E-state index in [0.29, 0.717) is 6.42 Å². The van der Waals surface area contributed by atoms with E-state index in [1.165, 1.54) is 10.9 Å². The Balaban J connectivity index is 2.53. The van der Waals surface area contributed by atoms with Gasteiger partial charge in [-0.2, -0.15) is 0 Å². The third-order valence-corrected chi connectivity index (χ3v) is 1.57. The first kappa shape index (κ1) is 10.1. The van der Waals surface area contributed by atoms with Gasteiger partial charge < -0.3 is 10.3 Å². The van der Waals surface area contributed by atoms with E-state index in [2.05, 4.69) is 4.98 Å². The van der Waals surface area contributed by atoms with Crippen molar-refractivity contribution in [2.24, 2.45) is 5.73 Å². The molecule has 0 radical (unpaired) electrons. The summed E-state index contributed by atoms with van der Waals surface area (Å²) in [5, 5.41) is 0. The minimum Gasteiger partial charge on any atom is -0.331 e. The van der Waals surface area contributed by atoms with E-state index in [1.54, 1.807) is 6.20 Å². The lowest BCUT2D eigenvalue weighted by Gasteiger charge is -2.00. The second-order valence-corrected chi connectivity index (χ2v) is 3.13. The van der Waals surface area contributed by atoms with Gasteiger partial charge in [-0.25, -0.2) is 13.8 Å². The van der Waals surface area contributed by atoms with Gasteiger partial charge in [-0.15, -0.1) is 0 Å². The summed E-state index contributed by atoms with van der Waals surface area (Å²) < 4.78 is 25.2. The normalized spacial score (nSPS) is 13.6. The van der Waals surface area contributed by atoms with Crippen molar-refractivity contribution in [3.8, 4) is 0 Å². The Bertz CT molecular complexity index is 233. The molecule has 0 saturated carbocycles. The highest BCUT2D eigenvalue weighted by atomic mass is 19.3. The van der Waals surface area contributed by atoms with Crippen LogP contribution in [0.5, 0.6) is 0 Å². The Morgan fingerprint density at radius 2 is 2.31 bits per heavy atom. The molecule has 0 aliphatic rings. The SMILES string of the molecule is CC(N)Cc1cn(CC(F)F)cn1. The molecule has 0 aliphatic carbocycles. The molecule has 1 rings (SSSR count). The van der Waals surface area contributed by atoms with Crippen LogP contribution in [0, 0.1) is 0 Å². The van der Waals surface area contributed by atoms with Gasteiger partial charge in [0.15, 0.2) is 0 Å². The van der Waals surface area contributed by atoms with Gasteiger partial charge in [0.05, 0.1) is 18.6 Å². The summed E-state index contributed by atoms with van der Waals surface area (Å²) in [4.78, 5) is 3.96. The number of hydrogen-bond donors (Lipinski definition) is 1. The lowest BCUT2D eigenvalue weighted by atomic mass is 10.2. The smallest absolute Gasteiger partial charge is 0.256 e. The van der Waals surface area contributed by atoms with Gasteiger partial charge >= 0.3 is 0 Å². The van der Waals surface area contributed by atoms with Crippen LogP contribution in [0.2, 0.25) is 0 Å². The first-order valence-corrected chi connectivity index (χ1v) is 4.12. The van der Waals surface area contributed by atoms with Crippen LogP contribution in [0.1, 0.15) is 12.6 Å². The van der Waals surface area contributed by atoms with Gasteiger partial charge in [-0.05, 0) is 6.92 Å². The van der Waals surface area contributed by atoms with E-state index < -0.39 is 6.43 Å². The van der Waals surface area contributed by atoms with Crippen LogP contribution < -0.4 is 5.73 Å². The van der Waals surface area contributed by atoms with Gasteiger partial charge in [0, 0.05) is 18.7 Å². The number of imidazole rings is 1. The highest BCUT2D eigenvalue weighted by Crippen LogP contribution is 2.02. The summed E-state index contributed by atoms with van der Waals surface area (Å²) in [6.45, 7) is 1.55. The fourth-order valence-electron chi connectivity index (χ4n) is 1.10. The fraction of sp³-hybridized carbons (Fsp3) is 0.625. The van der Waals surface area contributed by atoms with Crippen molar-refractivity contribution in [1.82, 2.24) is 9.55 Å². The van der Waals surface area contributed by atoms with Crippen LogP contribution in [-0.2, 0) is 13.0 Å². The summed E-state index contributed by atoms with van der Waals surface area (Å²) in [6.07, 6.45) is 1.30. The van der Waals surface area contributed by atoms with Crippen molar-refractivity contribution in [2.45, 2.75) is 32.4 Å². The van der Waals surface area contributed by atoms with Crippen molar-refractivity contribution in [3.05, 3.63) is 18.2 Å². The Labute approximate surface area is 75.6 Å². The number of nitrogens with two attached hydrogens (primary N) is 1. The first-order valence-electron chi connectivity index (χ1n) is 4.12. The minimum atomic E-state index is -2.34. The van der Waals surface area contributed by atoms with E-state index in [4.69, 9.17) is 5.73 Å². The Kier molecular flexibility index (Phi) is 3.36. The quantitative estimate of drug-likeness (QED) is 0.769. The summed E-state index contributed by atoms with van der Waals surface area (Å²) in [5.74, 6) is 0. The molecule has 1 unspecified atom stereocenters. The average Bonchev–Trinajstić information content (AvgIpc) is 2.33. The molecule has 0 amide bonds. The van der Waals surface area contributed by atoms with Crippen LogP contribution in [0.3, 0.4) is 0 Å². The van der Waals surface area contributed by atoms with E-state index in [9.17, 15) is 8.78 Å². The first-order chi connectivity index (χ1) is 6.08. The molecule has 1 aromatic rings. The molecular weight excluding hydrogens is 176 g/mol. The zero-order chi connectivity index (χ0) is 9.84. The molecule has 2 N–H and O–H groups in total. The standard InChI is InChI=1S/C8H13F2N3/c1-6(11)2-7-3-13(5-12-7)4-8(9)10/h3,5-6,8H,2,4,11H2,1H3. The van der Waals surface area contributed by atoms with Gasteiger partial charge in [0.25, 0.3) is 6.43 Å². The number of rotatable bonds is 4. The maximum atomic E-state index is 11.9. The Morgan fingerprint density at radius 3 is 2.85 bits per heavy atom. The van der Waals surface area contributed by atoms with E-state index in [-0.39, 0.29) is 12.6 Å². The van der Waals surface area contributed by atoms with Crippen molar-refractivity contribution < 1.29 is 8.78 Å². The Hall–Kier alpha value is -0.970. The number of aromatic nitrogens is 2. The molecule has 0 aromatic carbocycles. The second kappa shape index (κ2) is 4.32. The number of alkyl halides is 2. The number of hydrogen-bond acceptors (Lipinski definition) is 2. The Morgan fingerprint density at radius 1 is 1.62 bits per heavy atom. The lowest BCUT2D eigenvalue weighted by Crippen LogP contribution is -2.17. The van der Waals surface area contributed by atoms with Crippen molar-refractivity contribution in [3.63, 3.8) is 0 Å². The monoisotopic (exact) mass is 189 g/mol. The molecule has 13 heavy (non-hydrogen) atoms. The summed E-state index contributed by atoms with van der Waals surface area (Å²) in [7, 11) is 0. The van der Waals surface area contributed by atoms with Crippen LogP contribution in [-0.4, -0.2) is 22.0 Å². The van der Waals surface area contributed by atoms with Gasteiger partial charge in [-0.3, -0.25) is 0 Å². The van der Waals surface area contributed by atoms with Crippen molar-refractivity contribution in [1.29, 1.82) is 0 Å². The highest BCUT2D eigenvalue weighted by molar-refractivity contribution is 4.98. The topological polar surface area (TPSA) is 43.8 Å². The van der Waals surface area contributed by atoms with Crippen molar-refractivity contribution >= 4 is 0 Å². The third-order valence-electron chi connectivity index (χ3n) is 1.57. The molecule has 1 aromatic heterocycles. The van der Waals surface area contributed by atoms with Crippen LogP contribution in [0.25, 0.3) is 0 Å².